The Bertz CT molecular complexity index is 391. The summed E-state index contributed by atoms with van der Waals surface area (Å²) in [5.74, 6) is -0.0555. The van der Waals surface area contributed by atoms with Crippen LogP contribution in [-0.4, -0.2) is 26.3 Å². The molecule has 0 saturated carbocycles. The van der Waals surface area contributed by atoms with Crippen LogP contribution >= 0.6 is 0 Å². The fraction of sp³-hybridized carbons (Fsp3) is 0.462. The van der Waals surface area contributed by atoms with Crippen molar-refractivity contribution in [3.63, 3.8) is 0 Å². The molecular formula is C13H20N2O2. The first kappa shape index (κ1) is 13.5. The van der Waals surface area contributed by atoms with Crippen LogP contribution in [0, 0.1) is 6.92 Å². The molecule has 4 nitrogen and oxygen atoms in total. The van der Waals surface area contributed by atoms with Crippen molar-refractivity contribution in [2.75, 3.05) is 30.6 Å². The zero-order valence-electron chi connectivity index (χ0n) is 10.9. The van der Waals surface area contributed by atoms with Crippen molar-refractivity contribution >= 4 is 17.3 Å². The molecule has 4 heteroatoms. The lowest BCUT2D eigenvalue weighted by atomic mass is 10.1. The Morgan fingerprint density at radius 3 is 2.71 bits per heavy atom. The van der Waals surface area contributed by atoms with E-state index in [1.54, 1.807) is 7.11 Å². The van der Waals surface area contributed by atoms with Crippen LogP contribution in [0.3, 0.4) is 0 Å². The van der Waals surface area contributed by atoms with Gasteiger partial charge in [0.1, 0.15) is 6.73 Å². The number of ether oxygens (including phenoxy) is 1. The molecule has 1 amide bonds. The van der Waals surface area contributed by atoms with Gasteiger partial charge >= 0.3 is 0 Å². The van der Waals surface area contributed by atoms with E-state index < -0.39 is 0 Å². The number of hydrogen-bond donors (Lipinski definition) is 1. The maximum atomic E-state index is 11.1. The van der Waals surface area contributed by atoms with Gasteiger partial charge in [0.15, 0.2) is 0 Å². The van der Waals surface area contributed by atoms with Gasteiger partial charge in [0.2, 0.25) is 5.91 Å². The maximum Gasteiger partial charge on any atom is 0.221 e. The number of methoxy groups -OCH3 is 1. The minimum atomic E-state index is -0.0555. The number of carbonyl (C=O) groups is 1. The number of amides is 1. The van der Waals surface area contributed by atoms with E-state index in [2.05, 4.69) is 17.1 Å². The molecule has 0 aromatic heterocycles. The Morgan fingerprint density at radius 2 is 2.18 bits per heavy atom. The van der Waals surface area contributed by atoms with Gasteiger partial charge in [-0.2, -0.15) is 0 Å². The molecule has 0 fully saturated rings. The van der Waals surface area contributed by atoms with Gasteiger partial charge in [0.25, 0.3) is 0 Å². The second-order valence-corrected chi connectivity index (χ2v) is 3.95. The van der Waals surface area contributed by atoms with Crippen molar-refractivity contribution in [1.29, 1.82) is 0 Å². The van der Waals surface area contributed by atoms with E-state index in [1.807, 2.05) is 25.1 Å². The smallest absolute Gasteiger partial charge is 0.221 e. The summed E-state index contributed by atoms with van der Waals surface area (Å²) in [6.45, 7) is 6.95. The van der Waals surface area contributed by atoms with Gasteiger partial charge in [0, 0.05) is 32.0 Å². The third-order valence-corrected chi connectivity index (χ3v) is 2.56. The first-order chi connectivity index (χ1) is 8.08. The van der Waals surface area contributed by atoms with Crippen molar-refractivity contribution in [2.45, 2.75) is 20.8 Å². The summed E-state index contributed by atoms with van der Waals surface area (Å²) in [7, 11) is 1.67. The molecule has 0 bridgehead atoms. The molecule has 0 saturated heterocycles. The molecule has 1 aromatic carbocycles. The predicted molar refractivity (Wildman–Crippen MR) is 70.4 cm³/mol. The van der Waals surface area contributed by atoms with Crippen molar-refractivity contribution in [3.8, 4) is 0 Å². The maximum absolute atomic E-state index is 11.1. The molecule has 1 N–H and O–H groups in total. The molecule has 0 radical (unpaired) electrons. The molecule has 17 heavy (non-hydrogen) atoms. The van der Waals surface area contributed by atoms with Crippen LogP contribution in [0.2, 0.25) is 0 Å². The monoisotopic (exact) mass is 236 g/mol. The van der Waals surface area contributed by atoms with Crippen LogP contribution < -0.4 is 10.2 Å². The number of nitrogens with one attached hydrogen (secondary N) is 1. The number of nitrogens with zero attached hydrogens (tertiary/aromatic N) is 1. The largest absolute Gasteiger partial charge is 0.364 e. The van der Waals surface area contributed by atoms with Crippen LogP contribution in [0.5, 0.6) is 0 Å². The average Bonchev–Trinajstić information content (AvgIpc) is 2.28. The topological polar surface area (TPSA) is 41.6 Å². The zero-order valence-corrected chi connectivity index (χ0v) is 10.9. The predicted octanol–water partition coefficient (Wildman–Crippen LogP) is 2.38. The van der Waals surface area contributed by atoms with Crippen LogP contribution in [0.25, 0.3) is 0 Å². The lowest BCUT2D eigenvalue weighted by Crippen LogP contribution is -2.25. The Morgan fingerprint density at radius 1 is 1.47 bits per heavy atom. The fourth-order valence-corrected chi connectivity index (χ4v) is 1.64. The molecular weight excluding hydrogens is 216 g/mol. The summed E-state index contributed by atoms with van der Waals surface area (Å²) in [6, 6.07) is 6.00. The second kappa shape index (κ2) is 6.25. The molecule has 0 atom stereocenters. The molecule has 0 spiro atoms. The third kappa shape index (κ3) is 3.75. The van der Waals surface area contributed by atoms with E-state index in [4.69, 9.17) is 4.74 Å². The SMILES string of the molecule is CCN(COC)c1ccc(C)c(NC(C)=O)c1. The average molecular weight is 236 g/mol. The van der Waals surface area contributed by atoms with Gasteiger partial charge in [-0.15, -0.1) is 0 Å². The summed E-state index contributed by atoms with van der Waals surface area (Å²) in [5.41, 5.74) is 2.95. The normalized spacial score (nSPS) is 10.1. The lowest BCUT2D eigenvalue weighted by molar-refractivity contribution is -0.114. The molecule has 0 aliphatic rings. The first-order valence-electron chi connectivity index (χ1n) is 5.70. The van der Waals surface area contributed by atoms with Gasteiger partial charge in [-0.1, -0.05) is 6.07 Å². The molecule has 94 valence electrons. The van der Waals surface area contributed by atoms with E-state index in [9.17, 15) is 4.79 Å². The van der Waals surface area contributed by atoms with E-state index in [-0.39, 0.29) is 5.91 Å². The van der Waals surface area contributed by atoms with E-state index in [0.717, 1.165) is 23.5 Å². The highest BCUT2D eigenvalue weighted by Crippen LogP contribution is 2.23. The van der Waals surface area contributed by atoms with Crippen molar-refractivity contribution < 1.29 is 9.53 Å². The molecule has 0 aliphatic heterocycles. The van der Waals surface area contributed by atoms with Gasteiger partial charge < -0.3 is 15.0 Å². The molecule has 0 unspecified atom stereocenters. The first-order valence-corrected chi connectivity index (χ1v) is 5.70. The summed E-state index contributed by atoms with van der Waals surface area (Å²) in [6.07, 6.45) is 0. The van der Waals surface area contributed by atoms with E-state index >= 15 is 0 Å². The zero-order chi connectivity index (χ0) is 12.8. The number of aryl methyl sites for hydroxylation is 1. The summed E-state index contributed by atoms with van der Waals surface area (Å²) in [5, 5.41) is 2.83. The summed E-state index contributed by atoms with van der Waals surface area (Å²) in [4.78, 5) is 13.2. The minimum Gasteiger partial charge on any atom is -0.364 e. The lowest BCUT2D eigenvalue weighted by Gasteiger charge is -2.23. The van der Waals surface area contributed by atoms with Gasteiger partial charge in [-0.3, -0.25) is 4.79 Å². The fourth-order valence-electron chi connectivity index (χ4n) is 1.64. The summed E-state index contributed by atoms with van der Waals surface area (Å²) >= 11 is 0. The number of carbonyl (C=O) groups excluding carboxylic acids is 1. The van der Waals surface area contributed by atoms with Gasteiger partial charge in [0.05, 0.1) is 0 Å². The number of rotatable bonds is 5. The third-order valence-electron chi connectivity index (χ3n) is 2.56. The van der Waals surface area contributed by atoms with E-state index in [1.165, 1.54) is 6.92 Å². The molecule has 0 aliphatic carbocycles. The Balaban J connectivity index is 2.97. The van der Waals surface area contributed by atoms with Gasteiger partial charge in [-0.25, -0.2) is 0 Å². The van der Waals surface area contributed by atoms with E-state index in [0.29, 0.717) is 6.73 Å². The van der Waals surface area contributed by atoms with Crippen LogP contribution in [0.15, 0.2) is 18.2 Å². The minimum absolute atomic E-state index is 0.0555. The molecule has 1 aromatic rings. The van der Waals surface area contributed by atoms with Crippen molar-refractivity contribution in [3.05, 3.63) is 23.8 Å². The van der Waals surface area contributed by atoms with Crippen molar-refractivity contribution in [1.82, 2.24) is 0 Å². The highest BCUT2D eigenvalue weighted by Gasteiger charge is 2.07. The Hall–Kier alpha value is -1.55. The number of hydrogen-bond acceptors (Lipinski definition) is 3. The Kier molecular flexibility index (Phi) is 4.97. The van der Waals surface area contributed by atoms with Crippen LogP contribution in [0.4, 0.5) is 11.4 Å². The van der Waals surface area contributed by atoms with Crippen molar-refractivity contribution in [2.24, 2.45) is 0 Å². The number of anilines is 2. The quantitative estimate of drug-likeness (QED) is 0.798. The van der Waals surface area contributed by atoms with Crippen LogP contribution in [0.1, 0.15) is 19.4 Å². The molecule has 0 heterocycles. The van der Waals surface area contributed by atoms with Gasteiger partial charge in [-0.05, 0) is 31.5 Å². The summed E-state index contributed by atoms with van der Waals surface area (Å²) < 4.78 is 5.14. The highest BCUT2D eigenvalue weighted by atomic mass is 16.5. The number of benzene rings is 1. The van der Waals surface area contributed by atoms with Crippen LogP contribution in [-0.2, 0) is 9.53 Å². The second-order valence-electron chi connectivity index (χ2n) is 3.95. The Labute approximate surface area is 103 Å². The standard InChI is InChI=1S/C13H20N2O2/c1-5-15(9-17-4)12-7-6-10(2)13(8-12)14-11(3)16/h6-8H,5,9H2,1-4H3,(H,14,16). The molecule has 1 rings (SSSR count). The highest BCUT2D eigenvalue weighted by molar-refractivity contribution is 5.90.